The topological polar surface area (TPSA) is 84.9 Å². The number of aliphatic hydroxyl groups is 1. The summed E-state index contributed by atoms with van der Waals surface area (Å²) >= 11 is 0. The number of benzene rings is 1. The van der Waals surface area contributed by atoms with E-state index in [4.69, 9.17) is 20.3 Å². The predicted octanol–water partition coefficient (Wildman–Crippen LogP) is 0.541. The van der Waals surface area contributed by atoms with Crippen molar-refractivity contribution >= 4 is 0 Å². The summed E-state index contributed by atoms with van der Waals surface area (Å²) in [5.41, 5.74) is 5.57. The van der Waals surface area contributed by atoms with Gasteiger partial charge >= 0.3 is 0 Å². The Bertz CT molecular complexity index is 384. The number of halogens is 1. The van der Waals surface area contributed by atoms with Crippen molar-refractivity contribution < 1.29 is 24.1 Å². The van der Waals surface area contributed by atoms with Gasteiger partial charge in [0.2, 0.25) is 11.6 Å². The van der Waals surface area contributed by atoms with Gasteiger partial charge in [0.25, 0.3) is 0 Å². The molecule has 0 aliphatic heterocycles. The molecule has 0 amide bonds. The molecule has 0 radical (unpaired) electrons. The van der Waals surface area contributed by atoms with E-state index in [9.17, 15) is 9.50 Å². The van der Waals surface area contributed by atoms with E-state index in [1.807, 2.05) is 0 Å². The maximum atomic E-state index is 13.6. The molecule has 0 heterocycles. The third-order valence-corrected chi connectivity index (χ3v) is 2.21. The van der Waals surface area contributed by atoms with Gasteiger partial charge < -0.3 is 25.4 Å². The van der Waals surface area contributed by atoms with Gasteiger partial charge in [0.15, 0.2) is 11.5 Å². The number of phenolic OH excluding ortho intramolecular Hbond substituents is 1. The van der Waals surface area contributed by atoms with E-state index in [2.05, 4.69) is 0 Å². The van der Waals surface area contributed by atoms with Crippen LogP contribution in [-0.4, -0.2) is 31.0 Å². The van der Waals surface area contributed by atoms with Crippen molar-refractivity contribution in [3.05, 3.63) is 17.4 Å². The highest BCUT2D eigenvalue weighted by atomic mass is 19.1. The highest BCUT2D eigenvalue weighted by Gasteiger charge is 2.22. The third-order valence-electron chi connectivity index (χ3n) is 2.21. The Morgan fingerprint density at radius 1 is 1.44 bits per heavy atom. The quantitative estimate of drug-likeness (QED) is 0.704. The van der Waals surface area contributed by atoms with E-state index in [1.165, 1.54) is 20.3 Å². The van der Waals surface area contributed by atoms with Crippen LogP contribution in [0.3, 0.4) is 0 Å². The molecule has 0 spiro atoms. The first-order valence-electron chi connectivity index (χ1n) is 4.56. The maximum absolute atomic E-state index is 13.6. The van der Waals surface area contributed by atoms with Crippen molar-refractivity contribution in [3.8, 4) is 17.2 Å². The van der Waals surface area contributed by atoms with Crippen LogP contribution in [0, 0.1) is 5.82 Å². The fourth-order valence-electron chi connectivity index (χ4n) is 1.34. The van der Waals surface area contributed by atoms with Crippen LogP contribution in [-0.2, 0) is 0 Å². The van der Waals surface area contributed by atoms with Crippen molar-refractivity contribution in [2.75, 3.05) is 20.8 Å². The van der Waals surface area contributed by atoms with Gasteiger partial charge in [-0.15, -0.1) is 0 Å². The van der Waals surface area contributed by atoms with E-state index >= 15 is 0 Å². The van der Waals surface area contributed by atoms with Crippen LogP contribution in [0.5, 0.6) is 17.2 Å². The number of methoxy groups -OCH3 is 2. The van der Waals surface area contributed by atoms with Gasteiger partial charge in [-0.25, -0.2) is 0 Å². The number of hydrogen-bond acceptors (Lipinski definition) is 5. The zero-order chi connectivity index (χ0) is 12.3. The molecule has 0 aromatic heterocycles. The first-order chi connectivity index (χ1) is 7.56. The molecule has 0 bridgehead atoms. The summed E-state index contributed by atoms with van der Waals surface area (Å²) in [5, 5.41) is 18.4. The number of phenols is 1. The zero-order valence-electron chi connectivity index (χ0n) is 9.03. The Kier molecular flexibility index (Phi) is 3.92. The van der Waals surface area contributed by atoms with Gasteiger partial charge in [-0.2, -0.15) is 4.39 Å². The molecule has 16 heavy (non-hydrogen) atoms. The third kappa shape index (κ3) is 2.02. The number of nitrogens with two attached hydrogens (primary N) is 1. The molecule has 0 aliphatic rings. The van der Waals surface area contributed by atoms with Crippen LogP contribution in [0.2, 0.25) is 0 Å². The lowest BCUT2D eigenvalue weighted by atomic mass is 10.1. The number of aliphatic hydroxyl groups excluding tert-OH is 1. The fourth-order valence-corrected chi connectivity index (χ4v) is 1.34. The van der Waals surface area contributed by atoms with Crippen molar-refractivity contribution in [2.24, 2.45) is 5.73 Å². The van der Waals surface area contributed by atoms with E-state index in [0.717, 1.165) is 0 Å². The molecular formula is C10H14FNO4. The van der Waals surface area contributed by atoms with Crippen LogP contribution in [0.1, 0.15) is 11.6 Å². The number of rotatable bonds is 4. The molecule has 1 aromatic rings. The molecule has 1 atom stereocenters. The van der Waals surface area contributed by atoms with Gasteiger partial charge in [0, 0.05) is 5.56 Å². The fraction of sp³-hybridized carbons (Fsp3) is 0.400. The maximum Gasteiger partial charge on any atom is 0.210 e. The number of aromatic hydroxyl groups is 1. The normalized spacial score (nSPS) is 12.3. The molecular weight excluding hydrogens is 217 g/mol. The van der Waals surface area contributed by atoms with Crippen LogP contribution >= 0.6 is 0 Å². The molecule has 0 aliphatic carbocycles. The smallest absolute Gasteiger partial charge is 0.210 e. The van der Waals surface area contributed by atoms with E-state index in [0.29, 0.717) is 0 Å². The Morgan fingerprint density at radius 3 is 2.50 bits per heavy atom. The van der Waals surface area contributed by atoms with E-state index in [-0.39, 0.29) is 17.1 Å². The highest BCUT2D eigenvalue weighted by Crippen LogP contribution is 2.39. The SMILES string of the molecule is COc1cc(C(N)CO)c(O)c(F)c1OC. The molecule has 0 fully saturated rings. The summed E-state index contributed by atoms with van der Waals surface area (Å²) in [4.78, 5) is 0. The first kappa shape index (κ1) is 12.5. The van der Waals surface area contributed by atoms with Crippen molar-refractivity contribution in [2.45, 2.75) is 6.04 Å². The minimum absolute atomic E-state index is 0.0673. The van der Waals surface area contributed by atoms with E-state index < -0.39 is 24.2 Å². The van der Waals surface area contributed by atoms with Crippen molar-refractivity contribution in [1.29, 1.82) is 0 Å². The highest BCUT2D eigenvalue weighted by molar-refractivity contribution is 5.52. The van der Waals surface area contributed by atoms with Crippen LogP contribution in [0.15, 0.2) is 6.07 Å². The predicted molar refractivity (Wildman–Crippen MR) is 55.2 cm³/mol. The minimum Gasteiger partial charge on any atom is -0.504 e. The summed E-state index contributed by atoms with van der Waals surface area (Å²) in [6.45, 7) is -0.414. The molecule has 0 saturated heterocycles. The molecule has 6 heteroatoms. The molecule has 1 rings (SSSR count). The van der Waals surface area contributed by atoms with E-state index in [1.54, 1.807) is 0 Å². The summed E-state index contributed by atoms with van der Waals surface area (Å²) < 4.78 is 23.3. The minimum atomic E-state index is -0.958. The summed E-state index contributed by atoms with van der Waals surface area (Å²) in [6.07, 6.45) is 0. The zero-order valence-corrected chi connectivity index (χ0v) is 9.03. The molecule has 1 aromatic carbocycles. The standard InChI is InChI=1S/C10H14FNO4/c1-15-7-3-5(6(12)4-13)9(14)8(11)10(7)16-2/h3,6,13-14H,4,12H2,1-2H3. The Balaban J connectivity index is 3.38. The largest absolute Gasteiger partial charge is 0.504 e. The average molecular weight is 231 g/mol. The van der Waals surface area contributed by atoms with Gasteiger partial charge in [-0.1, -0.05) is 0 Å². The average Bonchev–Trinajstić information content (AvgIpc) is 2.31. The summed E-state index contributed by atoms with van der Waals surface area (Å²) in [6, 6.07) is 0.451. The molecule has 90 valence electrons. The Hall–Kier alpha value is -1.53. The number of hydrogen-bond donors (Lipinski definition) is 3. The second kappa shape index (κ2) is 5.00. The van der Waals surface area contributed by atoms with Gasteiger partial charge in [0.1, 0.15) is 0 Å². The van der Waals surface area contributed by atoms with Crippen LogP contribution in [0.4, 0.5) is 4.39 Å². The number of ether oxygens (including phenoxy) is 2. The Labute approximate surface area is 92.2 Å². The lowest BCUT2D eigenvalue weighted by molar-refractivity contribution is 0.262. The van der Waals surface area contributed by atoms with Gasteiger partial charge in [0.05, 0.1) is 26.9 Å². The second-order valence-corrected chi connectivity index (χ2v) is 3.15. The molecule has 5 nitrogen and oxygen atoms in total. The van der Waals surface area contributed by atoms with Gasteiger partial charge in [-0.05, 0) is 6.07 Å². The molecule has 4 N–H and O–H groups in total. The van der Waals surface area contributed by atoms with Crippen LogP contribution in [0.25, 0.3) is 0 Å². The lowest BCUT2D eigenvalue weighted by Crippen LogP contribution is -2.15. The summed E-state index contributed by atoms with van der Waals surface area (Å²) in [5.74, 6) is -1.69. The van der Waals surface area contributed by atoms with Crippen LogP contribution < -0.4 is 15.2 Å². The monoisotopic (exact) mass is 231 g/mol. The Morgan fingerprint density at radius 2 is 2.06 bits per heavy atom. The lowest BCUT2D eigenvalue weighted by Gasteiger charge is -2.16. The van der Waals surface area contributed by atoms with Crippen molar-refractivity contribution in [3.63, 3.8) is 0 Å². The van der Waals surface area contributed by atoms with Gasteiger partial charge in [-0.3, -0.25) is 0 Å². The summed E-state index contributed by atoms with van der Waals surface area (Å²) in [7, 11) is 2.59. The molecule has 1 unspecified atom stereocenters. The first-order valence-corrected chi connectivity index (χ1v) is 4.56. The molecule has 0 saturated carbocycles. The second-order valence-electron chi connectivity index (χ2n) is 3.15. The van der Waals surface area contributed by atoms with Crippen molar-refractivity contribution in [1.82, 2.24) is 0 Å².